The number of rotatable bonds is 7. The summed E-state index contributed by atoms with van der Waals surface area (Å²) in [5, 5.41) is 5.40. The molecular weight excluding hydrogens is 395 g/mol. The molecule has 0 aromatic heterocycles. The lowest BCUT2D eigenvalue weighted by molar-refractivity contribution is -0.184. The smallest absolute Gasteiger partial charge is 0.405 e. The fourth-order valence-corrected chi connectivity index (χ4v) is 3.09. The van der Waals surface area contributed by atoms with E-state index >= 15 is 0 Å². The summed E-state index contributed by atoms with van der Waals surface area (Å²) in [4.78, 5) is 13.4. The third-order valence-corrected chi connectivity index (χ3v) is 4.61. The summed E-state index contributed by atoms with van der Waals surface area (Å²) >= 11 is 0. The molecule has 1 aromatic carbocycles. The maximum Gasteiger partial charge on any atom is 0.405 e. The standard InChI is InChI=1S/C19H28F3N3O2.ClH/c1-13(2)15-5-4-14(3)10-16(15)27-12-18(26)24-11-17(19(20,21)22)25-8-6-23-7-9-25;/h4-5,10,13,17,23H,6-9,11-12H2,1-3H3,(H,24,26);1H. The van der Waals surface area contributed by atoms with Crippen molar-refractivity contribution in [1.82, 2.24) is 15.5 Å². The molecule has 9 heteroatoms. The SMILES string of the molecule is Cc1ccc(C(C)C)c(OCC(=O)NCC(N2CCNCC2)C(F)(F)F)c1.Cl. The fraction of sp³-hybridized carbons (Fsp3) is 0.632. The molecule has 1 heterocycles. The van der Waals surface area contributed by atoms with Crippen LogP contribution >= 0.6 is 12.4 Å². The van der Waals surface area contributed by atoms with Crippen LogP contribution in [0.3, 0.4) is 0 Å². The van der Waals surface area contributed by atoms with Crippen molar-refractivity contribution < 1.29 is 22.7 Å². The third-order valence-electron chi connectivity index (χ3n) is 4.61. The highest BCUT2D eigenvalue weighted by Gasteiger charge is 2.43. The molecule has 2 N–H and O–H groups in total. The van der Waals surface area contributed by atoms with Gasteiger partial charge in [-0.15, -0.1) is 12.4 Å². The number of halogens is 4. The van der Waals surface area contributed by atoms with Crippen LogP contribution in [0.4, 0.5) is 13.2 Å². The van der Waals surface area contributed by atoms with Gasteiger partial charge in [0.25, 0.3) is 5.91 Å². The van der Waals surface area contributed by atoms with Gasteiger partial charge in [0.2, 0.25) is 0 Å². The molecule has 5 nitrogen and oxygen atoms in total. The van der Waals surface area contributed by atoms with Crippen molar-refractivity contribution in [2.24, 2.45) is 0 Å². The van der Waals surface area contributed by atoms with Crippen LogP contribution in [0.1, 0.15) is 30.9 Å². The van der Waals surface area contributed by atoms with Crippen molar-refractivity contribution in [3.05, 3.63) is 29.3 Å². The first-order valence-electron chi connectivity index (χ1n) is 9.20. The first-order valence-corrected chi connectivity index (χ1v) is 9.20. The van der Waals surface area contributed by atoms with E-state index in [4.69, 9.17) is 4.74 Å². The lowest BCUT2D eigenvalue weighted by Crippen LogP contribution is -2.57. The van der Waals surface area contributed by atoms with E-state index in [0.717, 1.165) is 11.1 Å². The summed E-state index contributed by atoms with van der Waals surface area (Å²) in [6, 6.07) is 4.05. The Kier molecular flexibility index (Phi) is 9.53. The molecule has 1 amide bonds. The van der Waals surface area contributed by atoms with Gasteiger partial charge in [-0.2, -0.15) is 13.2 Å². The van der Waals surface area contributed by atoms with Gasteiger partial charge in [-0.3, -0.25) is 9.69 Å². The van der Waals surface area contributed by atoms with Crippen LogP contribution in [0.5, 0.6) is 5.75 Å². The predicted molar refractivity (Wildman–Crippen MR) is 105 cm³/mol. The lowest BCUT2D eigenvalue weighted by Gasteiger charge is -2.35. The number of benzene rings is 1. The van der Waals surface area contributed by atoms with E-state index in [1.165, 1.54) is 4.90 Å². The summed E-state index contributed by atoms with van der Waals surface area (Å²) < 4.78 is 45.6. The Morgan fingerprint density at radius 1 is 1.29 bits per heavy atom. The second-order valence-corrected chi connectivity index (χ2v) is 7.13. The molecule has 1 unspecified atom stereocenters. The normalized spacial score (nSPS) is 16.4. The van der Waals surface area contributed by atoms with Crippen molar-refractivity contribution in [2.45, 2.75) is 38.9 Å². The number of nitrogens with one attached hydrogen (secondary N) is 2. The van der Waals surface area contributed by atoms with Gasteiger partial charge in [-0.1, -0.05) is 26.0 Å². The fourth-order valence-electron chi connectivity index (χ4n) is 3.09. The first-order chi connectivity index (χ1) is 12.7. The topological polar surface area (TPSA) is 53.6 Å². The van der Waals surface area contributed by atoms with Crippen molar-refractivity contribution in [1.29, 1.82) is 0 Å². The summed E-state index contributed by atoms with van der Waals surface area (Å²) in [5.74, 6) is 0.246. The molecule has 1 fully saturated rings. The third kappa shape index (κ3) is 7.14. The number of amides is 1. The van der Waals surface area contributed by atoms with E-state index in [1.807, 2.05) is 39.0 Å². The van der Waals surface area contributed by atoms with Crippen LogP contribution < -0.4 is 15.4 Å². The number of ether oxygens (including phenoxy) is 1. The van der Waals surface area contributed by atoms with Gasteiger partial charge in [0.15, 0.2) is 6.61 Å². The Morgan fingerprint density at radius 2 is 1.93 bits per heavy atom. The Hall–Kier alpha value is -1.51. The zero-order valence-corrected chi connectivity index (χ0v) is 17.3. The van der Waals surface area contributed by atoms with Gasteiger partial charge in [-0.05, 0) is 30.0 Å². The van der Waals surface area contributed by atoms with Gasteiger partial charge in [0.1, 0.15) is 11.8 Å². The maximum atomic E-state index is 13.3. The minimum Gasteiger partial charge on any atom is -0.483 e. The highest BCUT2D eigenvalue weighted by atomic mass is 35.5. The minimum absolute atomic E-state index is 0. The van der Waals surface area contributed by atoms with Crippen LogP contribution in [-0.2, 0) is 4.79 Å². The van der Waals surface area contributed by atoms with Crippen LogP contribution in [0.2, 0.25) is 0 Å². The minimum atomic E-state index is -4.40. The quantitative estimate of drug-likeness (QED) is 0.708. The molecule has 1 aliphatic heterocycles. The van der Waals surface area contributed by atoms with Crippen LogP contribution in [-0.4, -0.2) is 62.4 Å². The molecule has 1 atom stereocenters. The Labute approximate surface area is 170 Å². The van der Waals surface area contributed by atoms with Crippen LogP contribution in [0.15, 0.2) is 18.2 Å². The molecule has 1 aromatic rings. The molecule has 28 heavy (non-hydrogen) atoms. The number of carbonyl (C=O) groups excluding carboxylic acids is 1. The molecular formula is C19H29ClF3N3O2. The molecule has 0 radical (unpaired) electrons. The predicted octanol–water partition coefficient (Wildman–Crippen LogP) is 2.87. The maximum absolute atomic E-state index is 13.3. The number of hydrogen-bond donors (Lipinski definition) is 2. The number of carbonyl (C=O) groups is 1. The van der Waals surface area contributed by atoms with E-state index in [1.54, 1.807) is 0 Å². The van der Waals surface area contributed by atoms with E-state index in [2.05, 4.69) is 10.6 Å². The monoisotopic (exact) mass is 423 g/mol. The van der Waals surface area contributed by atoms with Gasteiger partial charge in [-0.25, -0.2) is 0 Å². The van der Waals surface area contributed by atoms with Crippen molar-refractivity contribution >= 4 is 18.3 Å². The molecule has 0 saturated carbocycles. The second-order valence-electron chi connectivity index (χ2n) is 7.13. The highest BCUT2D eigenvalue weighted by molar-refractivity contribution is 5.85. The van der Waals surface area contributed by atoms with Crippen molar-refractivity contribution in [3.63, 3.8) is 0 Å². The van der Waals surface area contributed by atoms with E-state index in [-0.39, 0.29) is 24.9 Å². The van der Waals surface area contributed by atoms with Crippen LogP contribution in [0, 0.1) is 6.92 Å². The molecule has 160 valence electrons. The molecule has 2 rings (SSSR count). The Morgan fingerprint density at radius 3 is 2.50 bits per heavy atom. The zero-order chi connectivity index (χ0) is 20.0. The van der Waals surface area contributed by atoms with Gasteiger partial charge < -0.3 is 15.4 Å². The molecule has 0 aliphatic carbocycles. The largest absolute Gasteiger partial charge is 0.483 e. The highest BCUT2D eigenvalue weighted by Crippen LogP contribution is 2.27. The average molecular weight is 424 g/mol. The summed E-state index contributed by atoms with van der Waals surface area (Å²) in [7, 11) is 0. The summed E-state index contributed by atoms with van der Waals surface area (Å²) in [6.45, 7) is 6.78. The number of nitrogens with zero attached hydrogens (tertiary/aromatic N) is 1. The Balaban J connectivity index is 0.00000392. The van der Waals surface area contributed by atoms with Crippen LogP contribution in [0.25, 0.3) is 0 Å². The summed E-state index contributed by atoms with van der Waals surface area (Å²) in [5.41, 5.74) is 1.95. The zero-order valence-electron chi connectivity index (χ0n) is 16.4. The number of hydrogen-bond acceptors (Lipinski definition) is 4. The number of alkyl halides is 3. The van der Waals surface area contributed by atoms with E-state index in [9.17, 15) is 18.0 Å². The van der Waals surface area contributed by atoms with Gasteiger partial charge in [0, 0.05) is 32.7 Å². The first kappa shape index (κ1) is 24.5. The van der Waals surface area contributed by atoms with E-state index in [0.29, 0.717) is 31.9 Å². The average Bonchev–Trinajstić information content (AvgIpc) is 2.59. The Bertz CT molecular complexity index is 635. The lowest BCUT2D eigenvalue weighted by atomic mass is 10.0. The molecule has 1 aliphatic rings. The number of piperazine rings is 1. The summed E-state index contributed by atoms with van der Waals surface area (Å²) in [6.07, 6.45) is -4.40. The molecule has 1 saturated heterocycles. The molecule has 0 spiro atoms. The van der Waals surface area contributed by atoms with E-state index < -0.39 is 24.7 Å². The second kappa shape index (κ2) is 10.9. The van der Waals surface area contributed by atoms with Crippen molar-refractivity contribution in [3.8, 4) is 5.75 Å². The number of aryl methyl sites for hydroxylation is 1. The molecule has 0 bridgehead atoms. The van der Waals surface area contributed by atoms with Crippen molar-refractivity contribution in [2.75, 3.05) is 39.3 Å². The van der Waals surface area contributed by atoms with Gasteiger partial charge >= 0.3 is 6.18 Å². The van der Waals surface area contributed by atoms with Gasteiger partial charge in [0.05, 0.1) is 0 Å².